The van der Waals surface area contributed by atoms with E-state index in [2.05, 4.69) is 19.2 Å². The van der Waals surface area contributed by atoms with Crippen LogP contribution in [0.4, 0.5) is 0 Å². The number of carbonyl (C=O) groups excluding carboxylic acids is 1. The molecule has 14 heavy (non-hydrogen) atoms. The Labute approximate surface area is 86.9 Å². The molecule has 0 radical (unpaired) electrons. The van der Waals surface area contributed by atoms with E-state index in [1.54, 1.807) is 0 Å². The number of piperazine rings is 1. The smallest absolute Gasteiger partial charge is 0.225 e. The molecular formula is C11H22N2O. The van der Waals surface area contributed by atoms with Crippen molar-refractivity contribution in [3.8, 4) is 0 Å². The molecule has 1 N–H and O–H groups in total. The Hall–Kier alpha value is -0.570. The Bertz CT molecular complexity index is 201. The lowest BCUT2D eigenvalue weighted by molar-refractivity contribution is -0.138. The number of nitrogens with one attached hydrogen (secondary N) is 1. The van der Waals surface area contributed by atoms with E-state index in [1.807, 2.05) is 18.7 Å². The second-order valence-corrected chi connectivity index (χ2v) is 4.70. The summed E-state index contributed by atoms with van der Waals surface area (Å²) < 4.78 is 0. The molecule has 1 amide bonds. The van der Waals surface area contributed by atoms with Gasteiger partial charge in [-0.05, 0) is 5.92 Å². The monoisotopic (exact) mass is 198 g/mol. The summed E-state index contributed by atoms with van der Waals surface area (Å²) >= 11 is 0. The van der Waals surface area contributed by atoms with Crippen molar-refractivity contribution in [3.63, 3.8) is 0 Å². The van der Waals surface area contributed by atoms with Crippen molar-refractivity contribution >= 4 is 5.91 Å². The number of rotatable bonds is 2. The summed E-state index contributed by atoms with van der Waals surface area (Å²) in [6.45, 7) is 11.0. The summed E-state index contributed by atoms with van der Waals surface area (Å²) in [6, 6.07) is 0.374. The van der Waals surface area contributed by atoms with E-state index >= 15 is 0 Å². The van der Waals surface area contributed by atoms with Gasteiger partial charge in [0.25, 0.3) is 0 Å². The largest absolute Gasteiger partial charge is 0.337 e. The number of amides is 1. The van der Waals surface area contributed by atoms with Gasteiger partial charge in [-0.2, -0.15) is 0 Å². The van der Waals surface area contributed by atoms with E-state index in [9.17, 15) is 4.79 Å². The van der Waals surface area contributed by atoms with Gasteiger partial charge in [0, 0.05) is 31.6 Å². The molecule has 1 aliphatic heterocycles. The highest BCUT2D eigenvalue weighted by molar-refractivity contribution is 5.78. The van der Waals surface area contributed by atoms with Crippen molar-refractivity contribution in [2.75, 3.05) is 19.6 Å². The topological polar surface area (TPSA) is 32.3 Å². The van der Waals surface area contributed by atoms with Gasteiger partial charge in [0.15, 0.2) is 0 Å². The van der Waals surface area contributed by atoms with Gasteiger partial charge >= 0.3 is 0 Å². The Morgan fingerprint density at radius 3 is 2.50 bits per heavy atom. The molecule has 1 heterocycles. The molecule has 1 atom stereocenters. The van der Waals surface area contributed by atoms with Crippen LogP contribution in [0.5, 0.6) is 0 Å². The molecule has 0 aromatic heterocycles. The average molecular weight is 198 g/mol. The fourth-order valence-corrected chi connectivity index (χ4v) is 1.93. The summed E-state index contributed by atoms with van der Waals surface area (Å²) in [6.07, 6.45) is 0. The first-order valence-corrected chi connectivity index (χ1v) is 5.55. The summed E-state index contributed by atoms with van der Waals surface area (Å²) in [5, 5.41) is 3.35. The maximum atomic E-state index is 11.9. The van der Waals surface area contributed by atoms with E-state index in [-0.39, 0.29) is 5.92 Å². The summed E-state index contributed by atoms with van der Waals surface area (Å²) in [5.74, 6) is 0.949. The molecular weight excluding hydrogens is 176 g/mol. The first-order valence-electron chi connectivity index (χ1n) is 5.55. The zero-order chi connectivity index (χ0) is 10.7. The highest BCUT2D eigenvalue weighted by Crippen LogP contribution is 2.15. The SMILES string of the molecule is CC(C)C(=O)N1CCNC[C@H]1C(C)C. The highest BCUT2D eigenvalue weighted by Gasteiger charge is 2.29. The van der Waals surface area contributed by atoms with E-state index in [0.717, 1.165) is 19.6 Å². The Kier molecular flexibility index (Phi) is 3.93. The van der Waals surface area contributed by atoms with Gasteiger partial charge < -0.3 is 10.2 Å². The fraction of sp³-hybridized carbons (Fsp3) is 0.909. The van der Waals surface area contributed by atoms with Crippen LogP contribution >= 0.6 is 0 Å². The van der Waals surface area contributed by atoms with Crippen LogP contribution < -0.4 is 5.32 Å². The third-order valence-electron chi connectivity index (χ3n) is 2.83. The molecule has 1 rings (SSSR count). The van der Waals surface area contributed by atoms with Crippen molar-refractivity contribution in [2.24, 2.45) is 11.8 Å². The van der Waals surface area contributed by atoms with Crippen molar-refractivity contribution in [3.05, 3.63) is 0 Å². The normalized spacial score (nSPS) is 23.3. The van der Waals surface area contributed by atoms with Crippen LogP contribution in [-0.4, -0.2) is 36.5 Å². The molecule has 0 aromatic rings. The first kappa shape index (κ1) is 11.5. The lowest BCUT2D eigenvalue weighted by Gasteiger charge is -2.39. The molecule has 0 saturated carbocycles. The Balaban J connectivity index is 2.67. The third kappa shape index (κ3) is 2.47. The minimum Gasteiger partial charge on any atom is -0.337 e. The second-order valence-electron chi connectivity index (χ2n) is 4.70. The van der Waals surface area contributed by atoms with E-state index in [1.165, 1.54) is 0 Å². The molecule has 82 valence electrons. The van der Waals surface area contributed by atoms with Crippen LogP contribution in [0.15, 0.2) is 0 Å². The van der Waals surface area contributed by atoms with E-state index in [0.29, 0.717) is 17.9 Å². The molecule has 0 aromatic carbocycles. The van der Waals surface area contributed by atoms with Crippen LogP contribution in [0.1, 0.15) is 27.7 Å². The molecule has 1 aliphatic rings. The summed E-state index contributed by atoms with van der Waals surface area (Å²) in [7, 11) is 0. The van der Waals surface area contributed by atoms with Gasteiger partial charge in [0.2, 0.25) is 5.91 Å². The predicted octanol–water partition coefficient (Wildman–Crippen LogP) is 1.10. The molecule has 0 bridgehead atoms. The van der Waals surface area contributed by atoms with Gasteiger partial charge in [-0.3, -0.25) is 4.79 Å². The standard InChI is InChI=1S/C11H22N2O/c1-8(2)10-7-12-5-6-13(10)11(14)9(3)4/h8-10,12H,5-7H2,1-4H3/t10-/m0/s1. The predicted molar refractivity (Wildman–Crippen MR) is 58.0 cm³/mol. The molecule has 0 spiro atoms. The van der Waals surface area contributed by atoms with Gasteiger partial charge in [0.05, 0.1) is 0 Å². The van der Waals surface area contributed by atoms with Crippen molar-refractivity contribution in [1.29, 1.82) is 0 Å². The summed E-state index contributed by atoms with van der Waals surface area (Å²) in [5.41, 5.74) is 0. The quantitative estimate of drug-likeness (QED) is 0.720. The van der Waals surface area contributed by atoms with Crippen LogP contribution in [-0.2, 0) is 4.79 Å². The maximum absolute atomic E-state index is 11.9. The van der Waals surface area contributed by atoms with E-state index in [4.69, 9.17) is 0 Å². The van der Waals surface area contributed by atoms with E-state index < -0.39 is 0 Å². The molecule has 3 nitrogen and oxygen atoms in total. The second kappa shape index (κ2) is 4.78. The maximum Gasteiger partial charge on any atom is 0.225 e. The van der Waals surface area contributed by atoms with Gasteiger partial charge in [-0.15, -0.1) is 0 Å². The zero-order valence-corrected chi connectivity index (χ0v) is 9.71. The number of nitrogens with zero attached hydrogens (tertiary/aromatic N) is 1. The van der Waals surface area contributed by atoms with Gasteiger partial charge in [-0.1, -0.05) is 27.7 Å². The Morgan fingerprint density at radius 1 is 1.36 bits per heavy atom. The first-order chi connectivity index (χ1) is 6.54. The van der Waals surface area contributed by atoms with Gasteiger partial charge in [-0.25, -0.2) is 0 Å². The highest BCUT2D eigenvalue weighted by atomic mass is 16.2. The fourth-order valence-electron chi connectivity index (χ4n) is 1.93. The minimum atomic E-state index is 0.120. The molecule has 1 saturated heterocycles. The zero-order valence-electron chi connectivity index (χ0n) is 9.71. The van der Waals surface area contributed by atoms with Crippen LogP contribution in [0.2, 0.25) is 0 Å². The van der Waals surface area contributed by atoms with Crippen LogP contribution in [0.3, 0.4) is 0 Å². The van der Waals surface area contributed by atoms with Crippen LogP contribution in [0.25, 0.3) is 0 Å². The number of hydrogen-bond donors (Lipinski definition) is 1. The molecule has 0 unspecified atom stereocenters. The van der Waals surface area contributed by atoms with Gasteiger partial charge in [0.1, 0.15) is 0 Å². The molecule has 3 heteroatoms. The third-order valence-corrected chi connectivity index (χ3v) is 2.83. The minimum absolute atomic E-state index is 0.120. The van der Waals surface area contributed by atoms with Crippen molar-refractivity contribution < 1.29 is 4.79 Å². The molecule has 0 aliphatic carbocycles. The van der Waals surface area contributed by atoms with Crippen molar-refractivity contribution in [2.45, 2.75) is 33.7 Å². The lowest BCUT2D eigenvalue weighted by Crippen LogP contribution is -2.56. The number of carbonyl (C=O) groups is 1. The van der Waals surface area contributed by atoms with Crippen molar-refractivity contribution in [1.82, 2.24) is 10.2 Å². The lowest BCUT2D eigenvalue weighted by atomic mass is 9.99. The Morgan fingerprint density at radius 2 is 2.00 bits per heavy atom. The number of hydrogen-bond acceptors (Lipinski definition) is 2. The average Bonchev–Trinajstić information content (AvgIpc) is 2.16. The summed E-state index contributed by atoms with van der Waals surface area (Å²) in [4.78, 5) is 14.0. The molecule has 1 fully saturated rings. The van der Waals surface area contributed by atoms with Crippen LogP contribution in [0, 0.1) is 11.8 Å².